The molecule has 3 heteroatoms. The Kier molecular flexibility index (Phi) is 1.71. The molecule has 0 saturated heterocycles. The standard InChI is InChI=1S/C6H6FNS/c1-4-2-3-5(9)6(7)8-4/h2-3,9H,1H3. The van der Waals surface area contributed by atoms with E-state index in [0.29, 0.717) is 10.6 Å². The third kappa shape index (κ3) is 1.42. The molecular weight excluding hydrogens is 137 g/mol. The highest BCUT2D eigenvalue weighted by Crippen LogP contribution is 2.08. The van der Waals surface area contributed by atoms with Crippen LogP contribution in [-0.2, 0) is 0 Å². The van der Waals surface area contributed by atoms with Gasteiger partial charge in [-0.05, 0) is 19.1 Å². The van der Waals surface area contributed by atoms with Gasteiger partial charge in [-0.3, -0.25) is 0 Å². The molecule has 0 radical (unpaired) electrons. The van der Waals surface area contributed by atoms with Gasteiger partial charge in [0.1, 0.15) is 0 Å². The van der Waals surface area contributed by atoms with Crippen LogP contribution < -0.4 is 0 Å². The molecule has 1 aromatic rings. The minimum absolute atomic E-state index is 0.292. The van der Waals surface area contributed by atoms with Crippen LogP contribution in [0.3, 0.4) is 0 Å². The highest BCUT2D eigenvalue weighted by molar-refractivity contribution is 7.80. The van der Waals surface area contributed by atoms with Gasteiger partial charge in [0.2, 0.25) is 5.95 Å². The largest absolute Gasteiger partial charge is 0.226 e. The van der Waals surface area contributed by atoms with E-state index >= 15 is 0 Å². The predicted molar refractivity (Wildman–Crippen MR) is 36.2 cm³/mol. The Balaban J connectivity index is 3.17. The van der Waals surface area contributed by atoms with Crippen LogP contribution in [0.25, 0.3) is 0 Å². The van der Waals surface area contributed by atoms with Crippen molar-refractivity contribution in [2.75, 3.05) is 0 Å². The Hall–Kier alpha value is -0.570. The SMILES string of the molecule is Cc1ccc(S)c(F)n1. The Morgan fingerprint density at radius 2 is 2.22 bits per heavy atom. The highest BCUT2D eigenvalue weighted by Gasteiger charge is 1.96. The summed E-state index contributed by atoms with van der Waals surface area (Å²) in [4.78, 5) is 3.82. The van der Waals surface area contributed by atoms with Crippen molar-refractivity contribution in [3.63, 3.8) is 0 Å². The lowest BCUT2D eigenvalue weighted by molar-refractivity contribution is 0.554. The number of aromatic nitrogens is 1. The van der Waals surface area contributed by atoms with E-state index < -0.39 is 5.95 Å². The molecule has 0 aliphatic rings. The van der Waals surface area contributed by atoms with Gasteiger partial charge in [-0.15, -0.1) is 12.6 Å². The molecule has 0 aliphatic heterocycles. The second-order valence-electron chi connectivity index (χ2n) is 1.76. The molecule has 1 aromatic heterocycles. The minimum Gasteiger partial charge on any atom is -0.224 e. The number of hydrogen-bond acceptors (Lipinski definition) is 2. The summed E-state index contributed by atoms with van der Waals surface area (Å²) >= 11 is 3.81. The Labute approximate surface area is 58.3 Å². The Morgan fingerprint density at radius 1 is 1.56 bits per heavy atom. The van der Waals surface area contributed by atoms with Crippen LogP contribution in [0, 0.1) is 12.9 Å². The minimum atomic E-state index is -0.502. The third-order valence-electron chi connectivity index (χ3n) is 0.968. The summed E-state index contributed by atoms with van der Waals surface area (Å²) in [5, 5.41) is 0. The molecule has 48 valence electrons. The molecule has 0 atom stereocenters. The smallest absolute Gasteiger partial charge is 0.224 e. The molecule has 0 fully saturated rings. The van der Waals surface area contributed by atoms with Crippen LogP contribution >= 0.6 is 12.6 Å². The van der Waals surface area contributed by atoms with Crippen LogP contribution in [0.15, 0.2) is 17.0 Å². The quantitative estimate of drug-likeness (QED) is 0.431. The molecule has 0 spiro atoms. The normalized spacial score (nSPS) is 9.67. The predicted octanol–water partition coefficient (Wildman–Crippen LogP) is 1.82. The van der Waals surface area contributed by atoms with E-state index in [4.69, 9.17) is 0 Å². The fourth-order valence-corrected chi connectivity index (χ4v) is 0.642. The number of hydrogen-bond donors (Lipinski definition) is 1. The zero-order valence-electron chi connectivity index (χ0n) is 4.93. The van der Waals surface area contributed by atoms with Crippen LogP contribution in [0.5, 0.6) is 0 Å². The molecule has 0 N–H and O–H groups in total. The van der Waals surface area contributed by atoms with Gasteiger partial charge in [0.05, 0.1) is 4.90 Å². The van der Waals surface area contributed by atoms with Gasteiger partial charge in [-0.25, -0.2) is 4.98 Å². The molecule has 9 heavy (non-hydrogen) atoms. The van der Waals surface area contributed by atoms with Gasteiger partial charge < -0.3 is 0 Å². The van der Waals surface area contributed by atoms with Gasteiger partial charge in [-0.2, -0.15) is 4.39 Å². The van der Waals surface area contributed by atoms with Crippen molar-refractivity contribution < 1.29 is 4.39 Å². The number of halogens is 1. The molecule has 0 unspecified atom stereocenters. The second kappa shape index (κ2) is 2.35. The zero-order chi connectivity index (χ0) is 6.85. The average Bonchev–Trinajstić information content (AvgIpc) is 1.80. The summed E-state index contributed by atoms with van der Waals surface area (Å²) in [7, 11) is 0. The van der Waals surface area contributed by atoms with E-state index in [1.165, 1.54) is 0 Å². The van der Waals surface area contributed by atoms with E-state index in [0.717, 1.165) is 0 Å². The van der Waals surface area contributed by atoms with E-state index in [1.807, 2.05) is 0 Å². The molecule has 1 heterocycles. The van der Waals surface area contributed by atoms with Gasteiger partial charge in [0.25, 0.3) is 0 Å². The van der Waals surface area contributed by atoms with Crippen molar-refractivity contribution in [1.82, 2.24) is 4.98 Å². The van der Waals surface area contributed by atoms with Crippen molar-refractivity contribution in [3.05, 3.63) is 23.8 Å². The molecule has 1 rings (SSSR count). The number of rotatable bonds is 0. The lowest BCUT2D eigenvalue weighted by Gasteiger charge is -1.93. The van der Waals surface area contributed by atoms with Crippen LogP contribution in [-0.4, -0.2) is 4.98 Å². The summed E-state index contributed by atoms with van der Waals surface area (Å²) in [6.07, 6.45) is 0. The van der Waals surface area contributed by atoms with Crippen LogP contribution in [0.2, 0.25) is 0 Å². The molecule has 0 saturated carbocycles. The fraction of sp³-hybridized carbons (Fsp3) is 0.167. The van der Waals surface area contributed by atoms with Crippen molar-refractivity contribution >= 4 is 12.6 Å². The summed E-state index contributed by atoms with van der Waals surface area (Å²) in [6.45, 7) is 1.73. The molecular formula is C6H6FNS. The fourth-order valence-electron chi connectivity index (χ4n) is 0.518. The first-order chi connectivity index (χ1) is 4.20. The maximum absolute atomic E-state index is 12.4. The molecule has 0 aromatic carbocycles. The number of pyridine rings is 1. The van der Waals surface area contributed by atoms with E-state index in [-0.39, 0.29) is 0 Å². The number of thiol groups is 1. The van der Waals surface area contributed by atoms with Gasteiger partial charge in [-0.1, -0.05) is 0 Å². The zero-order valence-corrected chi connectivity index (χ0v) is 5.82. The maximum atomic E-state index is 12.4. The maximum Gasteiger partial charge on any atom is 0.226 e. The van der Waals surface area contributed by atoms with Crippen molar-refractivity contribution in [2.24, 2.45) is 0 Å². The average molecular weight is 143 g/mol. The topological polar surface area (TPSA) is 12.9 Å². The first kappa shape index (κ1) is 6.55. The molecule has 0 bridgehead atoms. The number of nitrogens with zero attached hydrogens (tertiary/aromatic N) is 1. The molecule has 1 nitrogen and oxygen atoms in total. The summed E-state index contributed by atoms with van der Waals surface area (Å²) < 4.78 is 12.4. The lowest BCUT2D eigenvalue weighted by Crippen LogP contribution is -1.86. The third-order valence-corrected chi connectivity index (χ3v) is 1.30. The van der Waals surface area contributed by atoms with Crippen molar-refractivity contribution in [1.29, 1.82) is 0 Å². The van der Waals surface area contributed by atoms with Gasteiger partial charge in [0.15, 0.2) is 0 Å². The highest BCUT2D eigenvalue weighted by atomic mass is 32.1. The van der Waals surface area contributed by atoms with Crippen LogP contribution in [0.4, 0.5) is 4.39 Å². The summed E-state index contributed by atoms with van der Waals surface area (Å²) in [6, 6.07) is 3.30. The van der Waals surface area contributed by atoms with Crippen molar-refractivity contribution in [3.8, 4) is 0 Å². The van der Waals surface area contributed by atoms with Gasteiger partial charge in [0, 0.05) is 5.69 Å². The van der Waals surface area contributed by atoms with E-state index in [1.54, 1.807) is 19.1 Å². The first-order valence-corrected chi connectivity index (χ1v) is 2.97. The first-order valence-electron chi connectivity index (χ1n) is 2.52. The van der Waals surface area contributed by atoms with E-state index in [2.05, 4.69) is 17.6 Å². The Morgan fingerprint density at radius 3 is 2.67 bits per heavy atom. The number of aryl methyl sites for hydroxylation is 1. The summed E-state index contributed by atoms with van der Waals surface area (Å²) in [5.41, 5.74) is 0.672. The lowest BCUT2D eigenvalue weighted by atomic mass is 10.4. The van der Waals surface area contributed by atoms with Crippen LogP contribution in [0.1, 0.15) is 5.69 Å². The van der Waals surface area contributed by atoms with Crippen molar-refractivity contribution in [2.45, 2.75) is 11.8 Å². The van der Waals surface area contributed by atoms with Gasteiger partial charge >= 0.3 is 0 Å². The molecule has 0 amide bonds. The Bertz CT molecular complexity index is 224. The summed E-state index contributed by atoms with van der Waals surface area (Å²) in [5.74, 6) is -0.502. The second-order valence-corrected chi connectivity index (χ2v) is 2.24. The molecule has 0 aliphatic carbocycles. The van der Waals surface area contributed by atoms with E-state index in [9.17, 15) is 4.39 Å². The monoisotopic (exact) mass is 143 g/mol.